The lowest BCUT2D eigenvalue weighted by molar-refractivity contribution is -0.118. The zero-order chi connectivity index (χ0) is 27.3. The molecular weight excluding hydrogens is 505 g/mol. The summed E-state index contributed by atoms with van der Waals surface area (Å²) < 4.78 is 14.8. The van der Waals surface area contributed by atoms with Crippen LogP contribution < -0.4 is 20.9 Å². The minimum Gasteiger partial charge on any atom is -0.336 e. The second kappa shape index (κ2) is 11.8. The zero-order valence-corrected chi connectivity index (χ0v) is 22.5. The number of aromatic nitrogens is 2. The van der Waals surface area contributed by atoms with E-state index in [-0.39, 0.29) is 33.8 Å². The van der Waals surface area contributed by atoms with Crippen molar-refractivity contribution in [2.75, 3.05) is 28.6 Å². The van der Waals surface area contributed by atoms with Crippen LogP contribution in [0.25, 0.3) is 0 Å². The number of rotatable bonds is 9. The van der Waals surface area contributed by atoms with Crippen LogP contribution in [0.2, 0.25) is 5.02 Å². The molecule has 0 radical (unpaired) electrons. The molecule has 198 valence electrons. The number of nitriles is 1. The van der Waals surface area contributed by atoms with E-state index in [1.54, 1.807) is 12.1 Å². The Bertz CT molecular complexity index is 1370. The molecule has 3 aromatic rings. The molecule has 1 aliphatic heterocycles. The van der Waals surface area contributed by atoms with Crippen molar-refractivity contribution in [1.82, 2.24) is 15.3 Å². The number of halogens is 2. The first-order chi connectivity index (χ1) is 18.2. The summed E-state index contributed by atoms with van der Waals surface area (Å²) in [5, 5.41) is 18.3. The Labute approximate surface area is 227 Å². The molecule has 3 N–H and O–H groups in total. The van der Waals surface area contributed by atoms with E-state index >= 15 is 0 Å². The topological polar surface area (TPSA) is 106 Å². The average molecular weight is 536 g/mol. The van der Waals surface area contributed by atoms with Crippen LogP contribution in [0, 0.1) is 17.1 Å². The molecule has 10 heteroatoms. The quantitative estimate of drug-likeness (QED) is 0.281. The largest absolute Gasteiger partial charge is 0.336 e. The van der Waals surface area contributed by atoms with Gasteiger partial charge in [0.1, 0.15) is 10.8 Å². The SMILES string of the molecule is CCN1C(=O)CCC(C)(C)c2ccc(Nc3ncc(Cl)c(Nc4c(F)cccc4CNCCC#N)n3)cc21. The summed E-state index contributed by atoms with van der Waals surface area (Å²) in [6.45, 7) is 7.72. The van der Waals surface area contributed by atoms with Crippen molar-refractivity contribution in [2.24, 2.45) is 0 Å². The van der Waals surface area contributed by atoms with E-state index in [4.69, 9.17) is 16.9 Å². The van der Waals surface area contributed by atoms with Gasteiger partial charge in [0.15, 0.2) is 5.82 Å². The third-order valence-corrected chi connectivity index (χ3v) is 6.95. The van der Waals surface area contributed by atoms with Gasteiger partial charge in [0.25, 0.3) is 0 Å². The Kier molecular flexibility index (Phi) is 8.45. The third kappa shape index (κ3) is 6.04. The second-order valence-electron chi connectivity index (χ2n) is 9.75. The third-order valence-electron chi connectivity index (χ3n) is 6.67. The normalized spacial score (nSPS) is 14.4. The molecule has 8 nitrogen and oxygen atoms in total. The van der Waals surface area contributed by atoms with Gasteiger partial charge in [0.05, 0.1) is 18.0 Å². The molecule has 0 spiro atoms. The van der Waals surface area contributed by atoms with E-state index in [1.807, 2.05) is 30.0 Å². The highest BCUT2D eigenvalue weighted by Gasteiger charge is 2.32. The minimum absolute atomic E-state index is 0.105. The second-order valence-corrected chi connectivity index (χ2v) is 10.2. The summed E-state index contributed by atoms with van der Waals surface area (Å²) in [5.74, 6) is 0.165. The van der Waals surface area contributed by atoms with Gasteiger partial charge >= 0.3 is 0 Å². The fourth-order valence-corrected chi connectivity index (χ4v) is 4.70. The van der Waals surface area contributed by atoms with Gasteiger partial charge < -0.3 is 20.9 Å². The molecule has 0 saturated heterocycles. The number of anilines is 5. The molecule has 4 rings (SSSR count). The molecule has 0 atom stereocenters. The van der Waals surface area contributed by atoms with Crippen molar-refractivity contribution in [3.05, 3.63) is 64.6 Å². The maximum absolute atomic E-state index is 14.8. The van der Waals surface area contributed by atoms with Gasteiger partial charge in [-0.05, 0) is 48.1 Å². The maximum Gasteiger partial charge on any atom is 0.229 e. The number of amides is 1. The highest BCUT2D eigenvalue weighted by Crippen LogP contribution is 2.41. The average Bonchev–Trinajstić information content (AvgIpc) is 2.98. The van der Waals surface area contributed by atoms with E-state index in [2.05, 4.69) is 45.8 Å². The molecule has 0 unspecified atom stereocenters. The van der Waals surface area contributed by atoms with Crippen LogP contribution in [0.1, 0.15) is 51.2 Å². The van der Waals surface area contributed by atoms with Gasteiger partial charge in [0, 0.05) is 43.9 Å². The number of para-hydroxylation sites is 1. The van der Waals surface area contributed by atoms with Crippen LogP contribution in [-0.4, -0.2) is 29.0 Å². The van der Waals surface area contributed by atoms with Crippen LogP contribution in [0.4, 0.5) is 33.2 Å². The predicted octanol–water partition coefficient (Wildman–Crippen LogP) is 6.18. The van der Waals surface area contributed by atoms with Crippen LogP contribution in [0.5, 0.6) is 0 Å². The van der Waals surface area contributed by atoms with E-state index < -0.39 is 5.82 Å². The van der Waals surface area contributed by atoms with Crippen molar-refractivity contribution in [1.29, 1.82) is 5.26 Å². The highest BCUT2D eigenvalue weighted by molar-refractivity contribution is 6.32. The molecule has 1 aromatic heterocycles. The van der Waals surface area contributed by atoms with Crippen LogP contribution in [0.3, 0.4) is 0 Å². The van der Waals surface area contributed by atoms with Gasteiger partial charge in [-0.25, -0.2) is 9.37 Å². The molecule has 2 heterocycles. The molecule has 0 aliphatic carbocycles. The molecule has 2 aromatic carbocycles. The first-order valence-corrected chi connectivity index (χ1v) is 13.0. The lowest BCUT2D eigenvalue weighted by Gasteiger charge is -2.27. The highest BCUT2D eigenvalue weighted by atomic mass is 35.5. The van der Waals surface area contributed by atoms with Gasteiger partial charge in [-0.3, -0.25) is 4.79 Å². The van der Waals surface area contributed by atoms with Gasteiger partial charge in [-0.1, -0.05) is 43.6 Å². The summed E-state index contributed by atoms with van der Waals surface area (Å²) in [6, 6.07) is 12.8. The van der Waals surface area contributed by atoms with E-state index in [0.29, 0.717) is 43.7 Å². The standard InChI is InChI=1S/C28H31ClFN7O/c1-4-37-23-15-19(9-10-20(23)28(2,3)12-11-24(37)38)34-27-33-17-21(29)26(36-27)35-25-18(7-5-8-22(25)30)16-32-14-6-13-31/h5,7-10,15,17,32H,4,6,11-12,14,16H2,1-3H3,(H2,33,34,35,36). The van der Waals surface area contributed by atoms with Crippen molar-refractivity contribution in [3.63, 3.8) is 0 Å². The first-order valence-electron chi connectivity index (χ1n) is 12.6. The number of nitrogens with one attached hydrogen (secondary N) is 3. The molecule has 1 amide bonds. The van der Waals surface area contributed by atoms with Crippen molar-refractivity contribution in [3.8, 4) is 6.07 Å². The summed E-state index contributed by atoms with van der Waals surface area (Å²) in [6.07, 6.45) is 3.08. The summed E-state index contributed by atoms with van der Waals surface area (Å²) in [7, 11) is 0. The fraction of sp³-hybridized carbons (Fsp3) is 0.357. The van der Waals surface area contributed by atoms with Gasteiger partial charge in [0.2, 0.25) is 11.9 Å². The monoisotopic (exact) mass is 535 g/mol. The number of hydrogen-bond acceptors (Lipinski definition) is 7. The zero-order valence-electron chi connectivity index (χ0n) is 21.7. The number of hydrogen-bond donors (Lipinski definition) is 3. The molecule has 0 saturated carbocycles. The Hall–Kier alpha value is -3.74. The number of carbonyl (C=O) groups excluding carboxylic acids is 1. The lowest BCUT2D eigenvalue weighted by atomic mass is 9.80. The van der Waals surface area contributed by atoms with Crippen molar-refractivity contribution >= 4 is 46.3 Å². The molecule has 38 heavy (non-hydrogen) atoms. The Balaban J connectivity index is 1.60. The summed E-state index contributed by atoms with van der Waals surface area (Å²) >= 11 is 6.36. The molecular formula is C28H31ClFN7O. The smallest absolute Gasteiger partial charge is 0.229 e. The van der Waals surface area contributed by atoms with Crippen molar-refractivity contribution < 1.29 is 9.18 Å². The Morgan fingerprint density at radius 2 is 2.05 bits per heavy atom. The number of benzene rings is 2. The maximum atomic E-state index is 14.8. The van der Waals surface area contributed by atoms with Crippen LogP contribution in [-0.2, 0) is 16.8 Å². The minimum atomic E-state index is -0.452. The van der Waals surface area contributed by atoms with E-state index in [9.17, 15) is 9.18 Å². The molecule has 0 bridgehead atoms. The summed E-state index contributed by atoms with van der Waals surface area (Å²) in [4.78, 5) is 23.4. The van der Waals surface area contributed by atoms with Gasteiger partial charge in [-0.15, -0.1) is 0 Å². The van der Waals surface area contributed by atoms with E-state index in [0.717, 1.165) is 17.7 Å². The van der Waals surface area contributed by atoms with Crippen molar-refractivity contribution in [2.45, 2.75) is 52.0 Å². The lowest BCUT2D eigenvalue weighted by Crippen LogP contribution is -2.29. The Morgan fingerprint density at radius 1 is 1.24 bits per heavy atom. The fourth-order valence-electron chi connectivity index (χ4n) is 4.56. The number of carbonyl (C=O) groups is 1. The Morgan fingerprint density at radius 3 is 2.82 bits per heavy atom. The van der Waals surface area contributed by atoms with Crippen LogP contribution >= 0.6 is 11.6 Å². The van der Waals surface area contributed by atoms with E-state index in [1.165, 1.54) is 12.3 Å². The molecule has 0 fully saturated rings. The summed E-state index contributed by atoms with van der Waals surface area (Å²) in [5.41, 5.74) is 3.48. The van der Waals surface area contributed by atoms with Gasteiger partial charge in [-0.2, -0.15) is 10.2 Å². The number of nitrogens with zero attached hydrogens (tertiary/aromatic N) is 4. The first kappa shape index (κ1) is 27.3. The van der Waals surface area contributed by atoms with Crippen LogP contribution in [0.15, 0.2) is 42.6 Å². The predicted molar refractivity (Wildman–Crippen MR) is 149 cm³/mol. The number of fused-ring (bicyclic) bond motifs is 1. The molecule has 1 aliphatic rings.